The van der Waals surface area contributed by atoms with Crippen molar-refractivity contribution in [3.8, 4) is 10.4 Å². The molecule has 0 amide bonds. The lowest BCUT2D eigenvalue weighted by molar-refractivity contribution is 1.01. The van der Waals surface area contributed by atoms with Crippen molar-refractivity contribution >= 4 is 45.5 Å². The maximum Gasteiger partial charge on any atom is 0.230 e. The molecule has 0 atom stereocenters. The van der Waals surface area contributed by atoms with Gasteiger partial charge in [-0.05, 0) is 29.6 Å². The van der Waals surface area contributed by atoms with Gasteiger partial charge in [0.15, 0.2) is 0 Å². The monoisotopic (exact) mass is 411 g/mol. The fourth-order valence-electron chi connectivity index (χ4n) is 3.17. The van der Waals surface area contributed by atoms with E-state index in [4.69, 9.17) is 0 Å². The molecule has 0 unspecified atom stereocenters. The number of nitrogens with zero attached hydrogens (tertiary/aromatic N) is 6. The Labute approximate surface area is 177 Å². The van der Waals surface area contributed by atoms with Gasteiger partial charge in [0.05, 0.1) is 23.6 Å². The van der Waals surface area contributed by atoms with Crippen LogP contribution in [0.3, 0.4) is 0 Å². The van der Waals surface area contributed by atoms with Gasteiger partial charge in [-0.3, -0.25) is 4.90 Å². The summed E-state index contributed by atoms with van der Waals surface area (Å²) in [6, 6.07) is 16.0. The van der Waals surface area contributed by atoms with Crippen LogP contribution in [0.2, 0.25) is 0 Å². The predicted molar refractivity (Wildman–Crippen MR) is 120 cm³/mol. The van der Waals surface area contributed by atoms with Crippen LogP contribution in [0.5, 0.6) is 0 Å². The van der Waals surface area contributed by atoms with Crippen LogP contribution in [0, 0.1) is 0 Å². The second-order valence-electron chi connectivity index (χ2n) is 6.55. The fraction of sp³-hybridized carbons (Fsp3) is 0.0455. The second-order valence-corrected chi connectivity index (χ2v) is 7.49. The molecule has 1 N–H and O–H groups in total. The van der Waals surface area contributed by atoms with Crippen LogP contribution in [0.15, 0.2) is 78.8 Å². The van der Waals surface area contributed by atoms with Crippen molar-refractivity contribution in [1.29, 1.82) is 0 Å². The molecule has 30 heavy (non-hydrogen) atoms. The minimum Gasteiger partial charge on any atom is -0.337 e. The van der Waals surface area contributed by atoms with Gasteiger partial charge in [0.1, 0.15) is 18.0 Å². The van der Waals surface area contributed by atoms with Crippen LogP contribution < -0.4 is 10.2 Å². The minimum atomic E-state index is 0.562. The van der Waals surface area contributed by atoms with Crippen molar-refractivity contribution in [3.63, 3.8) is 0 Å². The molecule has 0 radical (unpaired) electrons. The molecule has 8 heteroatoms. The van der Waals surface area contributed by atoms with E-state index in [-0.39, 0.29) is 0 Å². The molecule has 7 nitrogen and oxygen atoms in total. The number of hydrogen-bond acceptors (Lipinski definition) is 8. The van der Waals surface area contributed by atoms with E-state index in [9.17, 15) is 0 Å². The Bertz CT molecular complexity index is 1270. The van der Waals surface area contributed by atoms with Gasteiger partial charge in [-0.2, -0.15) is 0 Å². The van der Waals surface area contributed by atoms with E-state index in [0.29, 0.717) is 11.8 Å². The third kappa shape index (κ3) is 3.44. The van der Waals surface area contributed by atoms with E-state index in [1.807, 2.05) is 48.3 Å². The summed E-state index contributed by atoms with van der Waals surface area (Å²) in [4.78, 5) is 25.2. The lowest BCUT2D eigenvalue weighted by Crippen LogP contribution is -2.14. The van der Waals surface area contributed by atoms with Crippen molar-refractivity contribution in [2.45, 2.75) is 0 Å². The lowest BCUT2D eigenvalue weighted by Gasteiger charge is -2.16. The molecule has 146 valence electrons. The molecule has 1 aromatic carbocycles. The van der Waals surface area contributed by atoms with E-state index in [0.717, 1.165) is 28.0 Å². The molecular formula is C22H17N7S. The first kappa shape index (κ1) is 18.1. The van der Waals surface area contributed by atoms with Crippen molar-refractivity contribution in [1.82, 2.24) is 24.9 Å². The Kier molecular flexibility index (Phi) is 4.74. The second kappa shape index (κ2) is 7.84. The number of nitrogens with one attached hydrogen (secondary N) is 1. The Morgan fingerprint density at radius 3 is 2.53 bits per heavy atom. The van der Waals surface area contributed by atoms with Crippen LogP contribution >= 0.6 is 11.3 Å². The van der Waals surface area contributed by atoms with Crippen LogP contribution in [-0.4, -0.2) is 32.0 Å². The number of thiophene rings is 1. The van der Waals surface area contributed by atoms with Gasteiger partial charge in [-0.15, -0.1) is 11.3 Å². The Morgan fingerprint density at radius 2 is 1.77 bits per heavy atom. The first-order valence-electron chi connectivity index (χ1n) is 9.31. The highest BCUT2D eigenvalue weighted by Crippen LogP contribution is 2.33. The molecule has 0 aliphatic heterocycles. The number of rotatable bonds is 5. The van der Waals surface area contributed by atoms with E-state index in [2.05, 4.69) is 47.7 Å². The summed E-state index contributed by atoms with van der Waals surface area (Å²) in [6.07, 6.45) is 6.79. The number of fused-ring (bicyclic) bond motifs is 1. The molecule has 0 saturated carbocycles. The topological polar surface area (TPSA) is 79.7 Å². The van der Waals surface area contributed by atoms with Gasteiger partial charge in [-0.1, -0.05) is 24.3 Å². The van der Waals surface area contributed by atoms with Crippen LogP contribution in [0.1, 0.15) is 0 Å². The number of para-hydroxylation sites is 1. The molecular weight excluding hydrogens is 394 g/mol. The summed E-state index contributed by atoms with van der Waals surface area (Å²) in [5.41, 5.74) is 2.75. The van der Waals surface area contributed by atoms with Crippen molar-refractivity contribution in [3.05, 3.63) is 78.8 Å². The standard InChI is InChI=1S/C22H17N7S/c1-29(19-9-2-3-10-23-19)22-24-12-15(13-25-22)28-21-17-7-4-6-16(18-8-5-11-30-18)20(17)26-14-27-21/h2-14H,1H3,(H,26,27,28). The molecule has 4 aromatic heterocycles. The van der Waals surface area contributed by atoms with Crippen LogP contribution in [-0.2, 0) is 0 Å². The van der Waals surface area contributed by atoms with Crippen LogP contribution in [0.4, 0.5) is 23.3 Å². The average Bonchev–Trinajstić information content (AvgIpc) is 3.34. The summed E-state index contributed by atoms with van der Waals surface area (Å²) in [6.45, 7) is 0. The van der Waals surface area contributed by atoms with Gasteiger partial charge in [0.2, 0.25) is 5.95 Å². The highest BCUT2D eigenvalue weighted by molar-refractivity contribution is 7.13. The van der Waals surface area contributed by atoms with E-state index in [1.54, 1.807) is 36.3 Å². The number of anilines is 4. The molecule has 0 aliphatic rings. The quantitative estimate of drug-likeness (QED) is 0.433. The van der Waals surface area contributed by atoms with Gasteiger partial charge < -0.3 is 5.32 Å². The third-order valence-electron chi connectivity index (χ3n) is 4.65. The highest BCUT2D eigenvalue weighted by atomic mass is 32.1. The molecule has 0 saturated heterocycles. The van der Waals surface area contributed by atoms with Crippen molar-refractivity contribution < 1.29 is 0 Å². The Hall–Kier alpha value is -3.91. The first-order valence-corrected chi connectivity index (χ1v) is 10.2. The summed E-state index contributed by atoms with van der Waals surface area (Å²) >= 11 is 1.69. The zero-order valence-corrected chi connectivity index (χ0v) is 16.9. The Morgan fingerprint density at radius 1 is 0.867 bits per heavy atom. The summed E-state index contributed by atoms with van der Waals surface area (Å²) in [7, 11) is 1.88. The average molecular weight is 411 g/mol. The normalized spacial score (nSPS) is 10.8. The maximum absolute atomic E-state index is 4.52. The third-order valence-corrected chi connectivity index (χ3v) is 5.55. The number of aromatic nitrogens is 5. The maximum atomic E-state index is 4.52. The predicted octanol–water partition coefficient (Wildman–Crippen LogP) is 5.05. The zero-order valence-electron chi connectivity index (χ0n) is 16.1. The molecule has 0 aliphatic carbocycles. The summed E-state index contributed by atoms with van der Waals surface area (Å²) < 4.78 is 0. The van der Waals surface area contributed by atoms with E-state index >= 15 is 0 Å². The molecule has 0 fully saturated rings. The lowest BCUT2D eigenvalue weighted by atomic mass is 10.1. The number of hydrogen-bond donors (Lipinski definition) is 1. The zero-order chi connectivity index (χ0) is 20.3. The van der Waals surface area contributed by atoms with Gasteiger partial charge in [-0.25, -0.2) is 24.9 Å². The fourth-order valence-corrected chi connectivity index (χ4v) is 3.92. The molecule has 0 spiro atoms. The van der Waals surface area contributed by atoms with Crippen molar-refractivity contribution in [2.24, 2.45) is 0 Å². The van der Waals surface area contributed by atoms with Crippen molar-refractivity contribution in [2.75, 3.05) is 17.3 Å². The largest absolute Gasteiger partial charge is 0.337 e. The smallest absolute Gasteiger partial charge is 0.230 e. The van der Waals surface area contributed by atoms with Gasteiger partial charge in [0, 0.05) is 29.1 Å². The van der Waals surface area contributed by atoms with E-state index in [1.165, 1.54) is 4.88 Å². The van der Waals surface area contributed by atoms with E-state index < -0.39 is 0 Å². The highest BCUT2D eigenvalue weighted by Gasteiger charge is 2.11. The molecule has 0 bridgehead atoms. The van der Waals surface area contributed by atoms with Crippen LogP contribution in [0.25, 0.3) is 21.3 Å². The first-order chi connectivity index (χ1) is 14.8. The van der Waals surface area contributed by atoms with Gasteiger partial charge >= 0.3 is 0 Å². The molecule has 4 heterocycles. The molecule has 5 aromatic rings. The summed E-state index contributed by atoms with van der Waals surface area (Å²) in [5, 5.41) is 6.33. The number of benzene rings is 1. The SMILES string of the molecule is CN(c1ccccn1)c1ncc(Nc2ncnc3c(-c4cccs4)cccc23)cn1. The van der Waals surface area contributed by atoms with Gasteiger partial charge in [0.25, 0.3) is 0 Å². The minimum absolute atomic E-state index is 0.562. The molecule has 5 rings (SSSR count). The number of pyridine rings is 1. The summed E-state index contributed by atoms with van der Waals surface area (Å²) in [5.74, 6) is 2.06. The Balaban J connectivity index is 1.44.